The van der Waals surface area contributed by atoms with Crippen LogP contribution in [0.5, 0.6) is 0 Å². The van der Waals surface area contributed by atoms with Crippen molar-refractivity contribution in [3.05, 3.63) is 30.0 Å². The summed E-state index contributed by atoms with van der Waals surface area (Å²) in [7, 11) is 0. The second-order valence-corrected chi connectivity index (χ2v) is 5.53. The summed E-state index contributed by atoms with van der Waals surface area (Å²) in [6, 6.07) is 8.21. The Hall–Kier alpha value is -1.35. The molecule has 0 amide bonds. The highest BCUT2D eigenvalue weighted by Crippen LogP contribution is 2.32. The number of unbranched alkanes of at least 4 members (excludes halogenated alkanes) is 1. The maximum absolute atomic E-state index is 5.43. The van der Waals surface area contributed by atoms with Gasteiger partial charge in [0.1, 0.15) is 0 Å². The van der Waals surface area contributed by atoms with E-state index in [1.165, 1.54) is 56.4 Å². The Kier molecular flexibility index (Phi) is 3.83. The fourth-order valence-corrected chi connectivity index (χ4v) is 3.01. The average molecular weight is 258 g/mol. The van der Waals surface area contributed by atoms with Gasteiger partial charge in [-0.2, -0.15) is 0 Å². The third-order valence-electron chi connectivity index (χ3n) is 4.21. The lowest BCUT2D eigenvalue weighted by molar-refractivity contribution is 0.207. The van der Waals surface area contributed by atoms with Gasteiger partial charge in [-0.1, -0.05) is 30.6 Å². The van der Waals surface area contributed by atoms with Crippen LogP contribution in [-0.4, -0.2) is 29.7 Å². The van der Waals surface area contributed by atoms with Crippen LogP contribution in [0.1, 0.15) is 44.2 Å². The topological polar surface area (TPSA) is 29.3 Å². The first-order chi connectivity index (χ1) is 9.38. The molecule has 102 valence electrons. The van der Waals surface area contributed by atoms with Gasteiger partial charge in [-0.15, -0.1) is 0 Å². The molecule has 2 aromatic rings. The molecule has 0 unspecified atom stereocenters. The van der Waals surface area contributed by atoms with Crippen LogP contribution >= 0.6 is 0 Å². The van der Waals surface area contributed by atoms with E-state index in [2.05, 4.69) is 29.1 Å². The van der Waals surface area contributed by atoms with Crippen molar-refractivity contribution in [2.24, 2.45) is 0 Å². The first kappa shape index (κ1) is 12.7. The molecule has 0 atom stereocenters. The number of nitrogens with zero attached hydrogens (tertiary/aromatic N) is 2. The van der Waals surface area contributed by atoms with E-state index in [1.807, 2.05) is 12.1 Å². The fraction of sp³-hybridized carbons (Fsp3) is 0.562. The molecular formula is C16H22N2O. The van der Waals surface area contributed by atoms with Crippen LogP contribution in [-0.2, 0) is 0 Å². The molecule has 2 heterocycles. The van der Waals surface area contributed by atoms with Crippen LogP contribution in [0.2, 0.25) is 0 Å². The lowest BCUT2D eigenvalue weighted by atomic mass is 9.91. The number of rotatable bonds is 4. The Morgan fingerprint density at radius 3 is 2.84 bits per heavy atom. The van der Waals surface area contributed by atoms with Crippen LogP contribution in [0.4, 0.5) is 0 Å². The summed E-state index contributed by atoms with van der Waals surface area (Å²) in [6.45, 7) is 5.91. The molecule has 0 aliphatic carbocycles. The molecule has 1 fully saturated rings. The number of hydrogen-bond acceptors (Lipinski definition) is 3. The Morgan fingerprint density at radius 2 is 2.05 bits per heavy atom. The highest BCUT2D eigenvalue weighted by atomic mass is 16.5. The lowest BCUT2D eigenvalue weighted by Gasteiger charge is -2.31. The highest BCUT2D eigenvalue weighted by molar-refractivity contribution is 5.79. The normalized spacial score (nSPS) is 18.2. The Bertz CT molecular complexity index is 526. The van der Waals surface area contributed by atoms with Crippen LogP contribution in [0, 0.1) is 0 Å². The number of benzene rings is 1. The predicted molar refractivity (Wildman–Crippen MR) is 77.3 cm³/mol. The number of fused-ring (bicyclic) bond motifs is 1. The SMILES string of the molecule is CCCCN1CCC(c2noc3ccccc23)CC1. The van der Waals surface area contributed by atoms with Gasteiger partial charge in [0.05, 0.1) is 5.69 Å². The van der Waals surface area contributed by atoms with Gasteiger partial charge >= 0.3 is 0 Å². The van der Waals surface area contributed by atoms with Crippen LogP contribution in [0.3, 0.4) is 0 Å². The number of aromatic nitrogens is 1. The zero-order valence-corrected chi connectivity index (χ0v) is 11.6. The molecular weight excluding hydrogens is 236 g/mol. The number of para-hydroxylation sites is 1. The van der Waals surface area contributed by atoms with Crippen LogP contribution < -0.4 is 0 Å². The van der Waals surface area contributed by atoms with Crippen molar-refractivity contribution in [3.8, 4) is 0 Å². The summed E-state index contributed by atoms with van der Waals surface area (Å²) in [6.07, 6.45) is 5.02. The lowest BCUT2D eigenvalue weighted by Crippen LogP contribution is -2.33. The molecule has 0 saturated carbocycles. The summed E-state index contributed by atoms with van der Waals surface area (Å²) >= 11 is 0. The fourth-order valence-electron chi connectivity index (χ4n) is 3.01. The predicted octanol–water partition coefficient (Wildman–Crippen LogP) is 3.81. The number of hydrogen-bond donors (Lipinski definition) is 0. The van der Waals surface area contributed by atoms with Crippen molar-refractivity contribution >= 4 is 11.0 Å². The van der Waals surface area contributed by atoms with E-state index in [-0.39, 0.29) is 0 Å². The van der Waals surface area contributed by atoms with E-state index < -0.39 is 0 Å². The maximum Gasteiger partial charge on any atom is 0.167 e. The minimum Gasteiger partial charge on any atom is -0.356 e. The number of likely N-dealkylation sites (tertiary alicyclic amines) is 1. The van der Waals surface area contributed by atoms with Gasteiger partial charge in [0.15, 0.2) is 5.58 Å². The molecule has 19 heavy (non-hydrogen) atoms. The van der Waals surface area contributed by atoms with Crippen molar-refractivity contribution in [1.82, 2.24) is 10.1 Å². The number of piperidine rings is 1. The molecule has 0 spiro atoms. The van der Waals surface area contributed by atoms with Gasteiger partial charge in [-0.05, 0) is 51.0 Å². The summed E-state index contributed by atoms with van der Waals surface area (Å²) in [5.74, 6) is 0.571. The molecule has 1 aliphatic rings. The quantitative estimate of drug-likeness (QED) is 0.835. The van der Waals surface area contributed by atoms with Crippen molar-refractivity contribution in [1.29, 1.82) is 0 Å². The van der Waals surface area contributed by atoms with E-state index in [4.69, 9.17) is 4.52 Å². The van der Waals surface area contributed by atoms with Crippen molar-refractivity contribution < 1.29 is 4.52 Å². The summed E-state index contributed by atoms with van der Waals surface area (Å²) in [5.41, 5.74) is 2.09. The molecule has 1 aliphatic heterocycles. The molecule has 3 nitrogen and oxygen atoms in total. The van der Waals surface area contributed by atoms with Gasteiger partial charge in [-0.3, -0.25) is 0 Å². The van der Waals surface area contributed by atoms with E-state index in [0.717, 1.165) is 5.58 Å². The largest absolute Gasteiger partial charge is 0.356 e. The molecule has 3 rings (SSSR count). The monoisotopic (exact) mass is 258 g/mol. The molecule has 1 aromatic carbocycles. The van der Waals surface area contributed by atoms with Crippen molar-refractivity contribution in [3.63, 3.8) is 0 Å². The Labute approximate surface area is 114 Å². The minimum absolute atomic E-state index is 0.571. The zero-order valence-electron chi connectivity index (χ0n) is 11.6. The van der Waals surface area contributed by atoms with E-state index in [0.29, 0.717) is 5.92 Å². The minimum atomic E-state index is 0.571. The Morgan fingerprint density at radius 1 is 1.26 bits per heavy atom. The molecule has 3 heteroatoms. The zero-order chi connectivity index (χ0) is 13.1. The maximum atomic E-state index is 5.43. The van der Waals surface area contributed by atoms with E-state index in [1.54, 1.807) is 0 Å². The summed E-state index contributed by atoms with van der Waals surface area (Å²) < 4.78 is 5.43. The summed E-state index contributed by atoms with van der Waals surface area (Å²) in [4.78, 5) is 2.59. The second-order valence-electron chi connectivity index (χ2n) is 5.53. The van der Waals surface area contributed by atoms with Crippen molar-refractivity contribution in [2.75, 3.05) is 19.6 Å². The van der Waals surface area contributed by atoms with Crippen LogP contribution in [0.25, 0.3) is 11.0 Å². The van der Waals surface area contributed by atoms with E-state index in [9.17, 15) is 0 Å². The smallest absolute Gasteiger partial charge is 0.167 e. The van der Waals surface area contributed by atoms with Gasteiger partial charge in [0.2, 0.25) is 0 Å². The van der Waals surface area contributed by atoms with Gasteiger partial charge in [0.25, 0.3) is 0 Å². The highest BCUT2D eigenvalue weighted by Gasteiger charge is 2.24. The molecule has 1 saturated heterocycles. The van der Waals surface area contributed by atoms with Gasteiger partial charge in [0, 0.05) is 11.3 Å². The first-order valence-corrected chi connectivity index (χ1v) is 7.45. The molecule has 0 bridgehead atoms. The van der Waals surface area contributed by atoms with Crippen LogP contribution in [0.15, 0.2) is 28.8 Å². The standard InChI is InChI=1S/C16H22N2O/c1-2-3-10-18-11-8-13(9-12-18)16-14-6-4-5-7-15(14)19-17-16/h4-7,13H,2-3,8-12H2,1H3. The van der Waals surface area contributed by atoms with Gasteiger partial charge in [-0.25, -0.2) is 0 Å². The third-order valence-corrected chi connectivity index (χ3v) is 4.21. The van der Waals surface area contributed by atoms with E-state index >= 15 is 0 Å². The molecule has 0 radical (unpaired) electrons. The molecule has 0 N–H and O–H groups in total. The van der Waals surface area contributed by atoms with Gasteiger partial charge < -0.3 is 9.42 Å². The average Bonchev–Trinajstić information content (AvgIpc) is 2.90. The summed E-state index contributed by atoms with van der Waals surface area (Å²) in [5, 5.41) is 5.52. The Balaban J connectivity index is 1.68. The first-order valence-electron chi connectivity index (χ1n) is 7.45. The second kappa shape index (κ2) is 5.74. The molecule has 1 aromatic heterocycles. The van der Waals surface area contributed by atoms with Crippen molar-refractivity contribution in [2.45, 2.75) is 38.5 Å². The third kappa shape index (κ3) is 2.66.